The van der Waals surface area contributed by atoms with Crippen molar-refractivity contribution in [2.24, 2.45) is 5.92 Å². The van der Waals surface area contributed by atoms with Gasteiger partial charge in [0.15, 0.2) is 0 Å². The second-order valence-corrected chi connectivity index (χ2v) is 8.85. The molecule has 0 amide bonds. The maximum atomic E-state index is 6.05. The first-order valence-electron chi connectivity index (χ1n) is 11.8. The zero-order valence-corrected chi connectivity index (χ0v) is 18.5. The van der Waals surface area contributed by atoms with E-state index in [1.54, 1.807) is 0 Å². The summed E-state index contributed by atoms with van der Waals surface area (Å²) in [6.45, 7) is 6.13. The molecule has 0 bridgehead atoms. The van der Waals surface area contributed by atoms with Gasteiger partial charge in [0.25, 0.3) is 0 Å². The third-order valence-electron chi connectivity index (χ3n) is 6.27. The molecule has 3 nitrogen and oxygen atoms in total. The molecule has 160 valence electrons. The number of unbranched alkanes of at least 4 members (excludes halogenated alkanes) is 5. The van der Waals surface area contributed by atoms with Crippen molar-refractivity contribution in [2.45, 2.75) is 84.2 Å². The fraction of sp³-hybridized carbons (Fsp3) is 0.615. The van der Waals surface area contributed by atoms with Gasteiger partial charge < -0.3 is 10.1 Å². The van der Waals surface area contributed by atoms with Crippen LogP contribution in [0.25, 0.3) is 0 Å². The summed E-state index contributed by atoms with van der Waals surface area (Å²) in [6.07, 6.45) is 17.6. The van der Waals surface area contributed by atoms with E-state index in [0.717, 1.165) is 25.3 Å². The Morgan fingerprint density at radius 3 is 2.52 bits per heavy atom. The molecule has 2 aliphatic rings. The SMILES string of the molecule is CCCCCCCCc1ccc(C2NC=C(OCC3CC=C(C)CC3)CN2)cc1. The van der Waals surface area contributed by atoms with E-state index >= 15 is 0 Å². The first-order chi connectivity index (χ1) is 14.2. The van der Waals surface area contributed by atoms with E-state index in [1.807, 2.05) is 0 Å². The summed E-state index contributed by atoms with van der Waals surface area (Å²) in [7, 11) is 0. The number of hydrogen-bond donors (Lipinski definition) is 2. The van der Waals surface area contributed by atoms with Crippen LogP contribution in [0.4, 0.5) is 0 Å². The third kappa shape index (κ3) is 7.54. The Morgan fingerprint density at radius 2 is 1.83 bits per heavy atom. The van der Waals surface area contributed by atoms with E-state index in [-0.39, 0.29) is 6.17 Å². The van der Waals surface area contributed by atoms with Gasteiger partial charge in [0, 0.05) is 6.20 Å². The molecule has 3 rings (SSSR count). The first-order valence-corrected chi connectivity index (χ1v) is 11.8. The zero-order chi connectivity index (χ0) is 20.3. The van der Waals surface area contributed by atoms with Crippen molar-refractivity contribution in [3.8, 4) is 0 Å². The highest BCUT2D eigenvalue weighted by Crippen LogP contribution is 2.24. The van der Waals surface area contributed by atoms with Gasteiger partial charge in [-0.05, 0) is 56.1 Å². The Kier molecular flexibility index (Phi) is 9.14. The third-order valence-corrected chi connectivity index (χ3v) is 6.27. The Balaban J connectivity index is 1.36. The molecule has 1 aromatic carbocycles. The average Bonchev–Trinajstić information content (AvgIpc) is 2.77. The van der Waals surface area contributed by atoms with Crippen molar-refractivity contribution in [2.75, 3.05) is 13.2 Å². The highest BCUT2D eigenvalue weighted by atomic mass is 16.5. The van der Waals surface area contributed by atoms with E-state index in [4.69, 9.17) is 4.74 Å². The number of allylic oxidation sites excluding steroid dienone is 2. The summed E-state index contributed by atoms with van der Waals surface area (Å²) in [5.41, 5.74) is 4.28. The first kappa shape index (κ1) is 22.0. The molecule has 1 heterocycles. The van der Waals surface area contributed by atoms with E-state index in [9.17, 15) is 0 Å². The van der Waals surface area contributed by atoms with Gasteiger partial charge in [0.1, 0.15) is 11.9 Å². The predicted octanol–water partition coefficient (Wildman–Crippen LogP) is 6.39. The summed E-state index contributed by atoms with van der Waals surface area (Å²) < 4.78 is 6.05. The lowest BCUT2D eigenvalue weighted by Gasteiger charge is -2.27. The maximum absolute atomic E-state index is 6.05. The van der Waals surface area contributed by atoms with Crippen molar-refractivity contribution in [1.29, 1.82) is 0 Å². The number of aryl methyl sites for hydroxylation is 1. The molecule has 2 N–H and O–H groups in total. The van der Waals surface area contributed by atoms with Gasteiger partial charge in [-0.2, -0.15) is 0 Å². The molecule has 2 unspecified atom stereocenters. The van der Waals surface area contributed by atoms with Crippen molar-refractivity contribution in [3.05, 3.63) is 59.0 Å². The van der Waals surface area contributed by atoms with Gasteiger partial charge in [-0.15, -0.1) is 0 Å². The van der Waals surface area contributed by atoms with Crippen LogP contribution in [0, 0.1) is 5.92 Å². The summed E-state index contributed by atoms with van der Waals surface area (Å²) in [5.74, 6) is 1.68. The monoisotopic (exact) mass is 396 g/mol. The second kappa shape index (κ2) is 12.1. The lowest BCUT2D eigenvalue weighted by Crippen LogP contribution is -2.38. The minimum absolute atomic E-state index is 0.172. The summed E-state index contributed by atoms with van der Waals surface area (Å²) in [4.78, 5) is 0. The normalized spacial score (nSPS) is 21.9. The van der Waals surface area contributed by atoms with Crippen LogP contribution in [-0.4, -0.2) is 13.2 Å². The molecule has 0 saturated carbocycles. The number of benzene rings is 1. The van der Waals surface area contributed by atoms with Gasteiger partial charge in [-0.1, -0.05) is 74.9 Å². The average molecular weight is 397 g/mol. The van der Waals surface area contributed by atoms with E-state index < -0.39 is 0 Å². The topological polar surface area (TPSA) is 33.3 Å². The van der Waals surface area contributed by atoms with Crippen molar-refractivity contribution in [1.82, 2.24) is 10.6 Å². The molecular weight excluding hydrogens is 356 g/mol. The molecule has 0 aromatic heterocycles. The van der Waals surface area contributed by atoms with Crippen LogP contribution in [0.15, 0.2) is 47.9 Å². The molecule has 0 fully saturated rings. The molecule has 0 radical (unpaired) electrons. The second-order valence-electron chi connectivity index (χ2n) is 8.85. The molecule has 3 heteroatoms. The number of nitrogens with one attached hydrogen (secondary N) is 2. The molecular formula is C26H40N2O. The Hall–Kier alpha value is -1.74. The predicted molar refractivity (Wildman–Crippen MR) is 123 cm³/mol. The van der Waals surface area contributed by atoms with Crippen LogP contribution in [0.3, 0.4) is 0 Å². The lowest BCUT2D eigenvalue weighted by molar-refractivity contribution is 0.145. The van der Waals surface area contributed by atoms with Crippen LogP contribution in [0.2, 0.25) is 0 Å². The molecule has 1 aliphatic carbocycles. The fourth-order valence-electron chi connectivity index (χ4n) is 4.18. The minimum Gasteiger partial charge on any atom is -0.495 e. The van der Waals surface area contributed by atoms with Crippen molar-refractivity contribution >= 4 is 0 Å². The quantitative estimate of drug-likeness (QED) is 0.336. The summed E-state index contributed by atoms with van der Waals surface area (Å²) in [5, 5.41) is 7.02. The van der Waals surface area contributed by atoms with E-state index in [0.29, 0.717) is 5.92 Å². The molecule has 1 aliphatic heterocycles. The van der Waals surface area contributed by atoms with Gasteiger partial charge >= 0.3 is 0 Å². The number of hydrogen-bond acceptors (Lipinski definition) is 3. The Bertz CT molecular complexity index is 662. The van der Waals surface area contributed by atoms with Gasteiger partial charge in [-0.25, -0.2) is 0 Å². The van der Waals surface area contributed by atoms with Gasteiger partial charge in [-0.3, -0.25) is 5.32 Å². The molecule has 1 aromatic rings. The zero-order valence-electron chi connectivity index (χ0n) is 18.5. The lowest BCUT2D eigenvalue weighted by atomic mass is 9.91. The van der Waals surface area contributed by atoms with E-state index in [2.05, 4.69) is 61.0 Å². The van der Waals surface area contributed by atoms with Gasteiger partial charge in [0.05, 0.1) is 13.2 Å². The number of rotatable bonds is 11. The van der Waals surface area contributed by atoms with Crippen LogP contribution in [-0.2, 0) is 11.2 Å². The van der Waals surface area contributed by atoms with E-state index in [1.165, 1.54) is 74.5 Å². The minimum atomic E-state index is 0.172. The van der Waals surface area contributed by atoms with Gasteiger partial charge in [0.2, 0.25) is 0 Å². The smallest absolute Gasteiger partial charge is 0.125 e. The Morgan fingerprint density at radius 1 is 1.03 bits per heavy atom. The highest BCUT2D eigenvalue weighted by Gasteiger charge is 2.18. The Labute approximate surface area is 178 Å². The van der Waals surface area contributed by atoms with Crippen LogP contribution < -0.4 is 10.6 Å². The highest BCUT2D eigenvalue weighted by molar-refractivity contribution is 5.26. The molecule has 0 saturated heterocycles. The van der Waals surface area contributed by atoms with Crippen molar-refractivity contribution in [3.63, 3.8) is 0 Å². The molecule has 29 heavy (non-hydrogen) atoms. The fourth-order valence-corrected chi connectivity index (χ4v) is 4.18. The summed E-state index contributed by atoms with van der Waals surface area (Å²) >= 11 is 0. The van der Waals surface area contributed by atoms with Crippen LogP contribution in [0.5, 0.6) is 0 Å². The van der Waals surface area contributed by atoms with Crippen molar-refractivity contribution < 1.29 is 4.74 Å². The standard InChI is InChI=1S/C26H40N2O/c1-3-4-5-6-7-8-9-22-14-16-24(17-15-22)26-27-18-25(19-28-26)29-20-23-12-10-21(2)11-13-23/h10,14-18,23,26-28H,3-9,11-13,19-20H2,1-2H3. The van der Waals surface area contributed by atoms with Crippen LogP contribution >= 0.6 is 0 Å². The maximum Gasteiger partial charge on any atom is 0.125 e. The van der Waals surface area contributed by atoms with Crippen LogP contribution in [0.1, 0.15) is 88.9 Å². The number of ether oxygens (including phenoxy) is 1. The molecule has 2 atom stereocenters. The summed E-state index contributed by atoms with van der Waals surface area (Å²) in [6, 6.07) is 9.10. The largest absolute Gasteiger partial charge is 0.495 e. The molecule has 0 spiro atoms.